The molecule has 0 aliphatic carbocycles. The summed E-state index contributed by atoms with van der Waals surface area (Å²) in [5.41, 5.74) is 0.744. The average Bonchev–Trinajstić information content (AvgIpc) is 2.47. The molecule has 0 aliphatic rings. The predicted molar refractivity (Wildman–Crippen MR) is 77.1 cm³/mol. The number of hydrogen-bond acceptors (Lipinski definition) is 3. The molecule has 0 aliphatic heterocycles. The van der Waals surface area contributed by atoms with Gasteiger partial charge in [0.05, 0.1) is 24.3 Å². The first-order chi connectivity index (χ1) is 9.56. The molecule has 0 amide bonds. The van der Waals surface area contributed by atoms with E-state index in [0.29, 0.717) is 27.1 Å². The van der Waals surface area contributed by atoms with Crippen molar-refractivity contribution < 1.29 is 18.7 Å². The van der Waals surface area contributed by atoms with Crippen molar-refractivity contribution in [1.82, 2.24) is 0 Å². The molecular formula is C15H12BrFO3. The van der Waals surface area contributed by atoms with Gasteiger partial charge < -0.3 is 9.47 Å². The number of carbonyl (C=O) groups excluding carboxylic acids is 1. The maximum Gasteiger partial charge on any atom is 0.196 e. The number of hydrogen-bond donors (Lipinski definition) is 0. The third kappa shape index (κ3) is 2.82. The molecule has 0 heterocycles. The minimum absolute atomic E-state index is 0.257. The van der Waals surface area contributed by atoms with E-state index in [0.717, 1.165) is 0 Å². The molecule has 104 valence electrons. The number of ether oxygens (including phenoxy) is 2. The maximum absolute atomic E-state index is 12.9. The van der Waals surface area contributed by atoms with Crippen LogP contribution in [0, 0.1) is 5.82 Å². The zero-order valence-corrected chi connectivity index (χ0v) is 12.5. The standard InChI is InChI=1S/C15H12BrFO3/c1-19-13-8-12(16)14(20-2)7-11(13)15(18)9-3-5-10(17)6-4-9/h3-8H,1-2H3. The molecule has 2 aromatic carbocycles. The average molecular weight is 339 g/mol. The Morgan fingerprint density at radius 2 is 1.65 bits per heavy atom. The predicted octanol–water partition coefficient (Wildman–Crippen LogP) is 3.84. The fourth-order valence-corrected chi connectivity index (χ4v) is 2.28. The maximum atomic E-state index is 12.9. The van der Waals surface area contributed by atoms with Crippen molar-refractivity contribution in [2.45, 2.75) is 0 Å². The Labute approximate surface area is 124 Å². The smallest absolute Gasteiger partial charge is 0.196 e. The quantitative estimate of drug-likeness (QED) is 0.794. The molecule has 0 aromatic heterocycles. The summed E-state index contributed by atoms with van der Waals surface area (Å²) in [5.74, 6) is 0.304. The first-order valence-corrected chi connectivity index (χ1v) is 6.58. The van der Waals surface area contributed by atoms with Crippen LogP contribution in [0.1, 0.15) is 15.9 Å². The molecule has 2 aromatic rings. The van der Waals surface area contributed by atoms with E-state index >= 15 is 0 Å². The summed E-state index contributed by atoms with van der Waals surface area (Å²) >= 11 is 3.33. The van der Waals surface area contributed by atoms with E-state index in [4.69, 9.17) is 9.47 Å². The van der Waals surface area contributed by atoms with Crippen LogP contribution >= 0.6 is 15.9 Å². The van der Waals surface area contributed by atoms with E-state index in [1.54, 1.807) is 12.1 Å². The van der Waals surface area contributed by atoms with Crippen LogP contribution in [-0.2, 0) is 0 Å². The van der Waals surface area contributed by atoms with E-state index in [9.17, 15) is 9.18 Å². The van der Waals surface area contributed by atoms with Crippen LogP contribution in [0.5, 0.6) is 11.5 Å². The van der Waals surface area contributed by atoms with Crippen molar-refractivity contribution in [1.29, 1.82) is 0 Å². The highest BCUT2D eigenvalue weighted by Crippen LogP contribution is 2.33. The van der Waals surface area contributed by atoms with Crippen molar-refractivity contribution in [3.05, 3.63) is 57.8 Å². The number of methoxy groups -OCH3 is 2. The molecule has 0 spiro atoms. The largest absolute Gasteiger partial charge is 0.496 e. The number of ketones is 1. The SMILES string of the molecule is COc1cc(C(=O)c2ccc(F)cc2)c(OC)cc1Br. The van der Waals surface area contributed by atoms with Crippen molar-refractivity contribution >= 4 is 21.7 Å². The van der Waals surface area contributed by atoms with Crippen LogP contribution in [-0.4, -0.2) is 20.0 Å². The first-order valence-electron chi connectivity index (χ1n) is 5.78. The summed E-state index contributed by atoms with van der Waals surface area (Å²) < 4.78 is 24.0. The molecule has 0 bridgehead atoms. The zero-order chi connectivity index (χ0) is 14.7. The Kier molecular flexibility index (Phi) is 4.39. The van der Waals surface area contributed by atoms with Gasteiger partial charge in [0.1, 0.15) is 17.3 Å². The Morgan fingerprint density at radius 1 is 1.05 bits per heavy atom. The molecule has 3 nitrogen and oxygen atoms in total. The highest BCUT2D eigenvalue weighted by molar-refractivity contribution is 9.10. The summed E-state index contributed by atoms with van der Waals surface area (Å²) in [7, 11) is 2.99. The van der Waals surface area contributed by atoms with E-state index in [1.807, 2.05) is 0 Å². The molecule has 0 unspecified atom stereocenters. The third-order valence-corrected chi connectivity index (χ3v) is 3.44. The molecule has 0 saturated carbocycles. The van der Waals surface area contributed by atoms with Gasteiger partial charge in [0.2, 0.25) is 0 Å². The number of halogens is 2. The molecular weight excluding hydrogens is 327 g/mol. The molecule has 20 heavy (non-hydrogen) atoms. The lowest BCUT2D eigenvalue weighted by molar-refractivity contribution is 0.103. The Morgan fingerprint density at radius 3 is 2.20 bits per heavy atom. The van der Waals surface area contributed by atoms with Crippen LogP contribution in [0.25, 0.3) is 0 Å². The van der Waals surface area contributed by atoms with Gasteiger partial charge in [-0.3, -0.25) is 4.79 Å². The zero-order valence-electron chi connectivity index (χ0n) is 10.9. The molecule has 2 rings (SSSR count). The van der Waals surface area contributed by atoms with Gasteiger partial charge in [0.25, 0.3) is 0 Å². The number of rotatable bonds is 4. The Hall–Kier alpha value is -1.88. The van der Waals surface area contributed by atoms with E-state index < -0.39 is 0 Å². The summed E-state index contributed by atoms with van der Waals surface area (Å²) in [4.78, 5) is 12.4. The minimum Gasteiger partial charge on any atom is -0.496 e. The van der Waals surface area contributed by atoms with Crippen molar-refractivity contribution in [3.63, 3.8) is 0 Å². The van der Waals surface area contributed by atoms with Crippen LogP contribution in [0.3, 0.4) is 0 Å². The molecule has 5 heteroatoms. The molecule has 0 N–H and O–H groups in total. The van der Waals surface area contributed by atoms with E-state index in [1.165, 1.54) is 38.5 Å². The van der Waals surface area contributed by atoms with Gasteiger partial charge in [0, 0.05) is 5.56 Å². The van der Waals surface area contributed by atoms with E-state index in [2.05, 4.69) is 15.9 Å². The first kappa shape index (κ1) is 14.5. The normalized spacial score (nSPS) is 10.2. The Balaban J connectivity index is 2.50. The summed E-state index contributed by atoms with van der Waals surface area (Å²) in [6.07, 6.45) is 0. The van der Waals surface area contributed by atoms with Gasteiger partial charge in [-0.05, 0) is 52.3 Å². The highest BCUT2D eigenvalue weighted by Gasteiger charge is 2.17. The summed E-state index contributed by atoms with van der Waals surface area (Å²) in [6, 6.07) is 8.62. The van der Waals surface area contributed by atoms with Crippen LogP contribution in [0.4, 0.5) is 4.39 Å². The fraction of sp³-hybridized carbons (Fsp3) is 0.133. The van der Waals surface area contributed by atoms with Crippen molar-refractivity contribution in [3.8, 4) is 11.5 Å². The molecule has 0 radical (unpaired) electrons. The second-order valence-corrected chi connectivity index (χ2v) is 4.88. The van der Waals surface area contributed by atoms with Gasteiger partial charge >= 0.3 is 0 Å². The lowest BCUT2D eigenvalue weighted by Gasteiger charge is -2.11. The van der Waals surface area contributed by atoms with Crippen molar-refractivity contribution in [2.24, 2.45) is 0 Å². The third-order valence-electron chi connectivity index (χ3n) is 2.82. The monoisotopic (exact) mass is 338 g/mol. The molecule has 0 fully saturated rings. The van der Waals surface area contributed by atoms with Crippen LogP contribution in [0.15, 0.2) is 40.9 Å². The topological polar surface area (TPSA) is 35.5 Å². The fourth-order valence-electron chi connectivity index (χ4n) is 1.79. The van der Waals surface area contributed by atoms with Gasteiger partial charge in [-0.1, -0.05) is 0 Å². The second kappa shape index (κ2) is 6.05. The van der Waals surface area contributed by atoms with Crippen molar-refractivity contribution in [2.75, 3.05) is 14.2 Å². The lowest BCUT2D eigenvalue weighted by Crippen LogP contribution is -2.05. The molecule has 0 atom stereocenters. The van der Waals surface area contributed by atoms with Gasteiger partial charge in [-0.2, -0.15) is 0 Å². The van der Waals surface area contributed by atoms with E-state index in [-0.39, 0.29) is 11.6 Å². The number of carbonyl (C=O) groups is 1. The van der Waals surface area contributed by atoms with Crippen LogP contribution < -0.4 is 9.47 Å². The second-order valence-electron chi connectivity index (χ2n) is 4.02. The minimum atomic E-state index is -0.387. The molecule has 0 saturated heterocycles. The summed E-state index contributed by atoms with van der Waals surface area (Å²) in [6.45, 7) is 0. The lowest BCUT2D eigenvalue weighted by atomic mass is 10.0. The van der Waals surface area contributed by atoms with Crippen LogP contribution in [0.2, 0.25) is 0 Å². The van der Waals surface area contributed by atoms with Gasteiger partial charge in [0.15, 0.2) is 5.78 Å². The van der Waals surface area contributed by atoms with Gasteiger partial charge in [-0.25, -0.2) is 4.39 Å². The Bertz CT molecular complexity index is 638. The number of benzene rings is 2. The highest BCUT2D eigenvalue weighted by atomic mass is 79.9. The summed E-state index contributed by atoms with van der Waals surface area (Å²) in [5, 5.41) is 0. The van der Waals surface area contributed by atoms with Gasteiger partial charge in [-0.15, -0.1) is 0 Å².